The molecule has 0 unspecified atom stereocenters. The summed E-state index contributed by atoms with van der Waals surface area (Å²) < 4.78 is 10.4. The highest BCUT2D eigenvalue weighted by molar-refractivity contribution is 6.31. The number of amides is 2. The van der Waals surface area contributed by atoms with Crippen LogP contribution in [0, 0.1) is 11.8 Å². The van der Waals surface area contributed by atoms with Gasteiger partial charge in [0.05, 0.1) is 23.8 Å². The molecule has 2 atom stereocenters. The van der Waals surface area contributed by atoms with Crippen LogP contribution < -0.4 is 9.64 Å². The van der Waals surface area contributed by atoms with E-state index in [1.54, 1.807) is 6.07 Å². The minimum absolute atomic E-state index is 0.0171. The standard InChI is InChI=1S/C20H16ClNO5/c1-11-4-6-13-14(9-11)19(24)22(18(13)23)15-10-12(21)5-7-16(15)27-20(25)17-3-2-8-26-17/h2-5,7-8,10,13-14H,6,9H2,1H3/t13-,14-/m1/s1. The van der Waals surface area contributed by atoms with Crippen molar-refractivity contribution in [2.75, 3.05) is 4.90 Å². The van der Waals surface area contributed by atoms with Crippen LogP contribution in [-0.4, -0.2) is 17.8 Å². The normalized spacial score (nSPS) is 21.9. The predicted octanol–water partition coefficient (Wildman–Crippen LogP) is 4.00. The number of nitrogens with zero attached hydrogens (tertiary/aromatic N) is 1. The summed E-state index contributed by atoms with van der Waals surface area (Å²) in [7, 11) is 0. The Morgan fingerprint density at radius 2 is 2.00 bits per heavy atom. The zero-order valence-corrected chi connectivity index (χ0v) is 15.2. The monoisotopic (exact) mass is 385 g/mol. The molecular formula is C20H16ClNO5. The molecule has 1 aliphatic carbocycles. The number of benzene rings is 1. The highest BCUT2D eigenvalue weighted by atomic mass is 35.5. The lowest BCUT2D eigenvalue weighted by molar-refractivity contribution is -0.122. The highest BCUT2D eigenvalue weighted by Gasteiger charge is 2.49. The maximum atomic E-state index is 12.9. The minimum Gasteiger partial charge on any atom is -0.457 e. The molecule has 1 aliphatic heterocycles. The van der Waals surface area contributed by atoms with Crippen molar-refractivity contribution in [2.45, 2.75) is 19.8 Å². The first kappa shape index (κ1) is 17.5. The largest absolute Gasteiger partial charge is 0.457 e. The zero-order chi connectivity index (χ0) is 19.1. The maximum Gasteiger partial charge on any atom is 0.379 e. The van der Waals surface area contributed by atoms with Crippen molar-refractivity contribution in [1.82, 2.24) is 0 Å². The highest BCUT2D eigenvalue weighted by Crippen LogP contribution is 2.43. The number of allylic oxidation sites excluding steroid dienone is 2. The lowest BCUT2D eigenvalue weighted by Crippen LogP contribution is -2.31. The predicted molar refractivity (Wildman–Crippen MR) is 97.6 cm³/mol. The SMILES string of the molecule is CC1=CC[C@H]2C(=O)N(c3cc(Cl)ccc3OC(=O)c3ccco3)C(=O)[C@@H]2C1. The van der Waals surface area contributed by atoms with E-state index < -0.39 is 17.8 Å². The van der Waals surface area contributed by atoms with E-state index in [-0.39, 0.29) is 29.0 Å². The van der Waals surface area contributed by atoms with Gasteiger partial charge in [0.25, 0.3) is 0 Å². The number of carbonyl (C=O) groups is 3. The minimum atomic E-state index is -0.724. The van der Waals surface area contributed by atoms with E-state index in [1.165, 1.54) is 30.5 Å². The van der Waals surface area contributed by atoms with Gasteiger partial charge in [-0.3, -0.25) is 9.59 Å². The first-order valence-corrected chi connectivity index (χ1v) is 8.92. The van der Waals surface area contributed by atoms with Gasteiger partial charge in [-0.1, -0.05) is 23.3 Å². The molecule has 138 valence electrons. The summed E-state index contributed by atoms with van der Waals surface area (Å²) in [6, 6.07) is 7.48. The van der Waals surface area contributed by atoms with Gasteiger partial charge in [-0.25, -0.2) is 9.69 Å². The molecule has 2 heterocycles. The molecule has 1 aromatic carbocycles. The lowest BCUT2D eigenvalue weighted by Gasteiger charge is -2.19. The number of imide groups is 1. The average Bonchev–Trinajstić information content (AvgIpc) is 3.25. The summed E-state index contributed by atoms with van der Waals surface area (Å²) in [5.41, 5.74) is 1.26. The fraction of sp³-hybridized carbons (Fsp3) is 0.250. The Bertz CT molecular complexity index is 963. The van der Waals surface area contributed by atoms with Crippen molar-refractivity contribution >= 4 is 35.1 Å². The second-order valence-electron chi connectivity index (χ2n) is 6.69. The summed E-state index contributed by atoms with van der Waals surface area (Å²) in [6.45, 7) is 1.95. The van der Waals surface area contributed by atoms with Gasteiger partial charge in [-0.2, -0.15) is 0 Å². The van der Waals surface area contributed by atoms with Gasteiger partial charge in [-0.15, -0.1) is 0 Å². The fourth-order valence-electron chi connectivity index (χ4n) is 3.57. The van der Waals surface area contributed by atoms with Crippen molar-refractivity contribution in [2.24, 2.45) is 11.8 Å². The number of furan rings is 1. The van der Waals surface area contributed by atoms with Crippen LogP contribution in [0.2, 0.25) is 5.02 Å². The molecule has 2 aromatic rings. The molecule has 7 heteroatoms. The van der Waals surface area contributed by atoms with E-state index in [4.69, 9.17) is 20.8 Å². The van der Waals surface area contributed by atoms with Crippen molar-refractivity contribution in [3.63, 3.8) is 0 Å². The number of anilines is 1. The quantitative estimate of drug-likeness (QED) is 0.345. The van der Waals surface area contributed by atoms with Gasteiger partial charge in [0.1, 0.15) is 0 Å². The molecule has 1 fully saturated rings. The smallest absolute Gasteiger partial charge is 0.379 e. The fourth-order valence-corrected chi connectivity index (χ4v) is 3.74. The van der Waals surface area contributed by atoms with Crippen molar-refractivity contribution in [3.05, 3.63) is 59.0 Å². The molecular weight excluding hydrogens is 370 g/mol. The molecule has 6 nitrogen and oxygen atoms in total. The summed E-state index contributed by atoms with van der Waals surface area (Å²) in [4.78, 5) is 39.2. The third-order valence-corrected chi connectivity index (χ3v) is 5.15. The number of ether oxygens (including phenoxy) is 1. The van der Waals surface area contributed by atoms with Gasteiger partial charge < -0.3 is 9.15 Å². The molecule has 0 bridgehead atoms. The Kier molecular flexibility index (Phi) is 4.36. The molecule has 0 N–H and O–H groups in total. The van der Waals surface area contributed by atoms with Gasteiger partial charge in [0.2, 0.25) is 17.6 Å². The van der Waals surface area contributed by atoms with Gasteiger partial charge in [0.15, 0.2) is 5.75 Å². The van der Waals surface area contributed by atoms with E-state index in [9.17, 15) is 14.4 Å². The third-order valence-electron chi connectivity index (χ3n) is 4.91. The number of esters is 1. The third kappa shape index (κ3) is 3.06. The summed E-state index contributed by atoms with van der Waals surface area (Å²) in [6.07, 6.45) is 4.42. The van der Waals surface area contributed by atoms with Crippen LogP contribution in [0.4, 0.5) is 5.69 Å². The topological polar surface area (TPSA) is 76.8 Å². The van der Waals surface area contributed by atoms with E-state index in [2.05, 4.69) is 0 Å². The second-order valence-corrected chi connectivity index (χ2v) is 7.13. The number of rotatable bonds is 3. The summed E-state index contributed by atoms with van der Waals surface area (Å²) in [5.74, 6) is -2.02. The van der Waals surface area contributed by atoms with Crippen LogP contribution in [0.3, 0.4) is 0 Å². The van der Waals surface area contributed by atoms with E-state index >= 15 is 0 Å². The van der Waals surface area contributed by atoms with Gasteiger partial charge >= 0.3 is 5.97 Å². The number of hydrogen-bond acceptors (Lipinski definition) is 5. The van der Waals surface area contributed by atoms with Crippen LogP contribution in [0.5, 0.6) is 5.75 Å². The van der Waals surface area contributed by atoms with Crippen LogP contribution >= 0.6 is 11.6 Å². The molecule has 0 spiro atoms. The maximum absolute atomic E-state index is 12.9. The molecule has 1 aromatic heterocycles. The lowest BCUT2D eigenvalue weighted by atomic mass is 9.82. The van der Waals surface area contributed by atoms with E-state index in [0.717, 1.165) is 10.5 Å². The molecule has 2 aliphatic rings. The summed E-state index contributed by atoms with van der Waals surface area (Å²) >= 11 is 6.08. The molecule has 0 radical (unpaired) electrons. The Balaban J connectivity index is 1.69. The number of halogens is 1. The van der Waals surface area contributed by atoms with Gasteiger partial charge in [-0.05, 0) is 50.1 Å². The Morgan fingerprint density at radius 3 is 2.74 bits per heavy atom. The first-order chi connectivity index (χ1) is 13.0. The number of fused-ring (bicyclic) bond motifs is 1. The average molecular weight is 386 g/mol. The Labute approximate surface area is 160 Å². The van der Waals surface area contributed by atoms with Crippen molar-refractivity contribution < 1.29 is 23.5 Å². The Morgan fingerprint density at radius 1 is 1.22 bits per heavy atom. The van der Waals surface area contributed by atoms with Crippen LogP contribution in [0.15, 0.2) is 52.7 Å². The van der Waals surface area contributed by atoms with Crippen molar-refractivity contribution in [3.8, 4) is 5.75 Å². The molecule has 1 saturated heterocycles. The second kappa shape index (κ2) is 6.70. The summed E-state index contributed by atoms with van der Waals surface area (Å²) in [5, 5.41) is 0.326. The van der Waals surface area contributed by atoms with Crippen LogP contribution in [0.25, 0.3) is 0 Å². The molecule has 0 saturated carbocycles. The zero-order valence-electron chi connectivity index (χ0n) is 14.5. The van der Waals surface area contributed by atoms with Crippen molar-refractivity contribution in [1.29, 1.82) is 0 Å². The molecule has 27 heavy (non-hydrogen) atoms. The van der Waals surface area contributed by atoms with E-state index in [1.807, 2.05) is 13.0 Å². The first-order valence-electron chi connectivity index (χ1n) is 8.54. The van der Waals surface area contributed by atoms with Crippen LogP contribution in [0.1, 0.15) is 30.3 Å². The van der Waals surface area contributed by atoms with Crippen LogP contribution in [-0.2, 0) is 9.59 Å². The van der Waals surface area contributed by atoms with Gasteiger partial charge in [0, 0.05) is 5.02 Å². The number of carbonyl (C=O) groups excluding carboxylic acids is 3. The molecule has 4 rings (SSSR count). The Hall–Kier alpha value is -2.86. The molecule has 2 amide bonds. The number of hydrogen-bond donors (Lipinski definition) is 0. The van der Waals surface area contributed by atoms with E-state index in [0.29, 0.717) is 17.9 Å².